The van der Waals surface area contributed by atoms with E-state index in [-0.39, 0.29) is 23.9 Å². The van der Waals surface area contributed by atoms with Crippen LogP contribution in [0.5, 0.6) is 0 Å². The van der Waals surface area contributed by atoms with Gasteiger partial charge in [0.05, 0.1) is 18.4 Å². The monoisotopic (exact) mass is 212 g/mol. The van der Waals surface area contributed by atoms with Gasteiger partial charge >= 0.3 is 5.97 Å². The fourth-order valence-electron chi connectivity index (χ4n) is 2.73. The zero-order valence-electron chi connectivity index (χ0n) is 8.04. The van der Waals surface area contributed by atoms with Gasteiger partial charge in [-0.3, -0.25) is 4.79 Å². The van der Waals surface area contributed by atoms with Crippen molar-refractivity contribution in [3.05, 3.63) is 12.5 Å². The topological polar surface area (TPSA) is 65.0 Å². The normalized spacial score (nSPS) is 43.7. The third-order valence-corrected chi connectivity index (χ3v) is 3.37. The van der Waals surface area contributed by atoms with E-state index in [4.69, 9.17) is 14.2 Å². The van der Waals surface area contributed by atoms with E-state index < -0.39 is 12.4 Å². The Bertz CT molecular complexity index is 305. The van der Waals surface area contributed by atoms with Gasteiger partial charge < -0.3 is 19.3 Å². The second-order valence-corrected chi connectivity index (χ2v) is 4.19. The standard InChI is InChI=1S/C10H12O5/c11-6-4-7-5(3-8(12)15-7)9(6)10-13-1-2-14-10/h1-2,5-7,9-11H,3-4H2. The highest BCUT2D eigenvalue weighted by molar-refractivity contribution is 5.72. The molecule has 1 N–H and O–H groups in total. The van der Waals surface area contributed by atoms with Gasteiger partial charge in [-0.05, 0) is 0 Å². The summed E-state index contributed by atoms with van der Waals surface area (Å²) >= 11 is 0. The molecule has 0 aromatic rings. The van der Waals surface area contributed by atoms with Crippen LogP contribution in [0.1, 0.15) is 12.8 Å². The number of hydrogen-bond acceptors (Lipinski definition) is 5. The Kier molecular flexibility index (Phi) is 1.88. The lowest BCUT2D eigenvalue weighted by Gasteiger charge is -2.24. The van der Waals surface area contributed by atoms with E-state index in [1.165, 1.54) is 12.5 Å². The molecule has 15 heavy (non-hydrogen) atoms. The van der Waals surface area contributed by atoms with Crippen LogP contribution >= 0.6 is 0 Å². The Labute approximate surface area is 86.6 Å². The lowest BCUT2D eigenvalue weighted by atomic mass is 9.91. The number of carbonyl (C=O) groups excluding carboxylic acids is 1. The van der Waals surface area contributed by atoms with Crippen LogP contribution < -0.4 is 0 Å². The average Bonchev–Trinajstić information content (AvgIpc) is 2.80. The summed E-state index contributed by atoms with van der Waals surface area (Å²) in [7, 11) is 0. The summed E-state index contributed by atoms with van der Waals surface area (Å²) < 4.78 is 15.6. The fraction of sp³-hybridized carbons (Fsp3) is 0.700. The SMILES string of the molecule is O=C1CC2C(CC(O)C2C2OC=CO2)O1. The highest BCUT2D eigenvalue weighted by Gasteiger charge is 2.54. The van der Waals surface area contributed by atoms with E-state index in [0.29, 0.717) is 12.8 Å². The second kappa shape index (κ2) is 3.13. The number of aliphatic hydroxyl groups excluding tert-OH is 1. The molecule has 5 nitrogen and oxygen atoms in total. The Hall–Kier alpha value is -1.23. The van der Waals surface area contributed by atoms with Gasteiger partial charge in [0, 0.05) is 12.3 Å². The second-order valence-electron chi connectivity index (χ2n) is 4.19. The molecule has 1 saturated heterocycles. The maximum Gasteiger partial charge on any atom is 0.306 e. The van der Waals surface area contributed by atoms with Crippen LogP contribution in [0, 0.1) is 11.8 Å². The summed E-state index contributed by atoms with van der Waals surface area (Å²) in [5.74, 6) is -0.332. The van der Waals surface area contributed by atoms with Crippen molar-refractivity contribution in [2.24, 2.45) is 11.8 Å². The van der Waals surface area contributed by atoms with E-state index in [9.17, 15) is 9.90 Å². The molecule has 1 aliphatic carbocycles. The molecule has 2 fully saturated rings. The van der Waals surface area contributed by atoms with Crippen LogP contribution in [0.4, 0.5) is 0 Å². The van der Waals surface area contributed by atoms with Crippen molar-refractivity contribution in [1.82, 2.24) is 0 Å². The molecule has 0 aromatic heterocycles. The largest absolute Gasteiger partial charge is 0.462 e. The zero-order chi connectivity index (χ0) is 10.4. The van der Waals surface area contributed by atoms with Crippen molar-refractivity contribution in [2.45, 2.75) is 31.3 Å². The van der Waals surface area contributed by atoms with Crippen LogP contribution in [0.15, 0.2) is 12.5 Å². The van der Waals surface area contributed by atoms with Crippen LogP contribution in [0.3, 0.4) is 0 Å². The zero-order valence-corrected chi connectivity index (χ0v) is 8.04. The van der Waals surface area contributed by atoms with Gasteiger partial charge in [-0.2, -0.15) is 0 Å². The smallest absolute Gasteiger partial charge is 0.306 e. The molecule has 0 radical (unpaired) electrons. The first-order valence-electron chi connectivity index (χ1n) is 5.09. The van der Waals surface area contributed by atoms with Crippen LogP contribution in [0.2, 0.25) is 0 Å². The van der Waals surface area contributed by atoms with Gasteiger partial charge in [0.25, 0.3) is 0 Å². The number of hydrogen-bond donors (Lipinski definition) is 1. The molecular formula is C10H12O5. The summed E-state index contributed by atoms with van der Waals surface area (Å²) in [6, 6.07) is 0. The predicted octanol–water partition coefficient (Wildman–Crippen LogP) is 0.143. The van der Waals surface area contributed by atoms with E-state index in [1.54, 1.807) is 0 Å². The summed E-state index contributed by atoms with van der Waals surface area (Å²) in [4.78, 5) is 11.1. The summed E-state index contributed by atoms with van der Waals surface area (Å²) in [6.07, 6.45) is 2.62. The lowest BCUT2D eigenvalue weighted by Crippen LogP contribution is -2.33. The third kappa shape index (κ3) is 1.30. The number of rotatable bonds is 1. The average molecular weight is 212 g/mol. The molecule has 0 spiro atoms. The van der Waals surface area contributed by atoms with Gasteiger partial charge in [-0.15, -0.1) is 0 Å². The molecule has 1 saturated carbocycles. The third-order valence-electron chi connectivity index (χ3n) is 3.37. The van der Waals surface area contributed by atoms with E-state index in [1.807, 2.05) is 0 Å². The quantitative estimate of drug-likeness (QED) is 0.626. The first-order valence-corrected chi connectivity index (χ1v) is 5.09. The summed E-state index contributed by atoms with van der Waals surface area (Å²) in [5.41, 5.74) is 0. The predicted molar refractivity (Wildman–Crippen MR) is 47.2 cm³/mol. The van der Waals surface area contributed by atoms with E-state index >= 15 is 0 Å². The van der Waals surface area contributed by atoms with Gasteiger partial charge in [0.2, 0.25) is 6.29 Å². The molecule has 2 aliphatic heterocycles. The molecule has 0 amide bonds. The number of esters is 1. The molecule has 2 heterocycles. The molecule has 0 aromatic carbocycles. The summed E-state index contributed by atoms with van der Waals surface area (Å²) in [6.45, 7) is 0. The minimum Gasteiger partial charge on any atom is -0.462 e. The molecule has 0 bridgehead atoms. The number of fused-ring (bicyclic) bond motifs is 1. The van der Waals surface area contributed by atoms with Gasteiger partial charge in [0.15, 0.2) is 0 Å². The van der Waals surface area contributed by atoms with Crippen molar-refractivity contribution in [3.63, 3.8) is 0 Å². The highest BCUT2D eigenvalue weighted by atomic mass is 16.7. The van der Waals surface area contributed by atoms with Crippen molar-refractivity contribution in [2.75, 3.05) is 0 Å². The Balaban J connectivity index is 1.78. The molecule has 3 aliphatic rings. The Morgan fingerprint density at radius 1 is 1.33 bits per heavy atom. The fourth-order valence-corrected chi connectivity index (χ4v) is 2.73. The maximum absolute atomic E-state index is 11.1. The Morgan fingerprint density at radius 2 is 2.07 bits per heavy atom. The summed E-state index contributed by atoms with van der Waals surface area (Å²) in [5, 5.41) is 9.86. The molecule has 4 atom stereocenters. The van der Waals surface area contributed by atoms with Crippen LogP contribution in [-0.2, 0) is 19.0 Å². The first kappa shape index (κ1) is 9.03. The van der Waals surface area contributed by atoms with Crippen molar-refractivity contribution in [1.29, 1.82) is 0 Å². The molecule has 3 rings (SSSR count). The minimum atomic E-state index is -0.516. The van der Waals surface area contributed by atoms with E-state index in [0.717, 1.165) is 0 Å². The highest BCUT2D eigenvalue weighted by Crippen LogP contribution is 2.44. The number of carbonyl (C=O) groups is 1. The minimum absolute atomic E-state index is 0.0254. The Morgan fingerprint density at radius 3 is 2.80 bits per heavy atom. The van der Waals surface area contributed by atoms with Crippen molar-refractivity contribution < 1.29 is 24.1 Å². The number of ether oxygens (including phenoxy) is 3. The van der Waals surface area contributed by atoms with Gasteiger partial charge in [-0.1, -0.05) is 0 Å². The maximum atomic E-state index is 11.1. The van der Waals surface area contributed by atoms with Crippen molar-refractivity contribution >= 4 is 5.97 Å². The van der Waals surface area contributed by atoms with Crippen LogP contribution in [0.25, 0.3) is 0 Å². The molecule has 5 heteroatoms. The van der Waals surface area contributed by atoms with Gasteiger partial charge in [0.1, 0.15) is 18.6 Å². The lowest BCUT2D eigenvalue weighted by molar-refractivity contribution is -0.142. The molecule has 4 unspecified atom stereocenters. The van der Waals surface area contributed by atoms with Gasteiger partial charge in [-0.25, -0.2) is 0 Å². The molecule has 82 valence electrons. The first-order chi connectivity index (χ1) is 7.25. The molecular weight excluding hydrogens is 200 g/mol. The van der Waals surface area contributed by atoms with E-state index in [2.05, 4.69) is 0 Å². The van der Waals surface area contributed by atoms with Crippen LogP contribution in [-0.4, -0.2) is 29.6 Å². The van der Waals surface area contributed by atoms with Crippen molar-refractivity contribution in [3.8, 4) is 0 Å². The number of aliphatic hydroxyl groups is 1.